The Bertz CT molecular complexity index is 534. The van der Waals surface area contributed by atoms with Crippen molar-refractivity contribution in [1.82, 2.24) is 4.90 Å². The molecule has 0 aromatic heterocycles. The fraction of sp³-hybridized carbons (Fsp3) is 0.588. The molecule has 3 rings (SSSR count). The van der Waals surface area contributed by atoms with Crippen molar-refractivity contribution in [3.63, 3.8) is 0 Å². The SMILES string of the molecule is NC(=O)c1cccc(CN2CCOC[C@@H]2[C@H]2CCC[C@@H]2O)c1. The van der Waals surface area contributed by atoms with Gasteiger partial charge < -0.3 is 15.6 Å². The van der Waals surface area contributed by atoms with Crippen molar-refractivity contribution < 1.29 is 14.6 Å². The van der Waals surface area contributed by atoms with Gasteiger partial charge in [0.15, 0.2) is 0 Å². The molecule has 0 unspecified atom stereocenters. The Hall–Kier alpha value is -1.43. The summed E-state index contributed by atoms with van der Waals surface area (Å²) >= 11 is 0. The standard InChI is InChI=1S/C17H24N2O3/c18-17(21)13-4-1-3-12(9-13)10-19-7-8-22-11-15(19)14-5-2-6-16(14)20/h1,3-4,9,14-16,20H,2,5-8,10-11H2,(H2,18,21)/t14-,15-,16+/m1/s1. The monoisotopic (exact) mass is 304 g/mol. The Kier molecular flexibility index (Phi) is 4.76. The average Bonchev–Trinajstić information content (AvgIpc) is 2.94. The summed E-state index contributed by atoms with van der Waals surface area (Å²) in [5.41, 5.74) is 6.98. The summed E-state index contributed by atoms with van der Waals surface area (Å²) in [6.45, 7) is 3.01. The molecule has 3 N–H and O–H groups in total. The van der Waals surface area contributed by atoms with Crippen LogP contribution >= 0.6 is 0 Å². The zero-order valence-electron chi connectivity index (χ0n) is 12.8. The molecule has 5 heteroatoms. The van der Waals surface area contributed by atoms with Crippen LogP contribution in [0.2, 0.25) is 0 Å². The molecule has 0 bridgehead atoms. The highest BCUT2D eigenvalue weighted by Crippen LogP contribution is 2.32. The van der Waals surface area contributed by atoms with E-state index in [4.69, 9.17) is 10.5 Å². The van der Waals surface area contributed by atoms with Gasteiger partial charge in [-0.2, -0.15) is 0 Å². The minimum absolute atomic E-state index is 0.217. The van der Waals surface area contributed by atoms with Gasteiger partial charge in [-0.25, -0.2) is 0 Å². The molecule has 1 aromatic rings. The molecule has 0 spiro atoms. The minimum Gasteiger partial charge on any atom is -0.393 e. The average molecular weight is 304 g/mol. The van der Waals surface area contributed by atoms with Gasteiger partial charge in [0, 0.05) is 30.6 Å². The topological polar surface area (TPSA) is 75.8 Å². The van der Waals surface area contributed by atoms with Gasteiger partial charge in [-0.3, -0.25) is 9.69 Å². The third-order valence-corrected chi connectivity index (χ3v) is 4.90. The van der Waals surface area contributed by atoms with Crippen LogP contribution in [0.25, 0.3) is 0 Å². The maximum Gasteiger partial charge on any atom is 0.248 e. The molecule has 0 radical (unpaired) electrons. The molecule has 120 valence electrons. The maximum atomic E-state index is 11.3. The summed E-state index contributed by atoms with van der Waals surface area (Å²) in [7, 11) is 0. The molecular formula is C17H24N2O3. The number of amides is 1. The molecule has 1 amide bonds. The summed E-state index contributed by atoms with van der Waals surface area (Å²) < 4.78 is 5.65. The largest absolute Gasteiger partial charge is 0.393 e. The highest BCUT2D eigenvalue weighted by atomic mass is 16.5. The number of primary amides is 1. The maximum absolute atomic E-state index is 11.3. The van der Waals surface area contributed by atoms with Gasteiger partial charge in [-0.1, -0.05) is 18.6 Å². The minimum atomic E-state index is -0.397. The van der Waals surface area contributed by atoms with E-state index in [0.717, 1.165) is 44.5 Å². The predicted octanol–water partition coefficient (Wildman–Crippen LogP) is 1.15. The molecule has 3 atom stereocenters. The zero-order valence-corrected chi connectivity index (χ0v) is 12.8. The van der Waals surface area contributed by atoms with Crippen LogP contribution in [0.3, 0.4) is 0 Å². The lowest BCUT2D eigenvalue weighted by atomic mass is 9.94. The quantitative estimate of drug-likeness (QED) is 0.875. The van der Waals surface area contributed by atoms with Crippen LogP contribution < -0.4 is 5.73 Å². The van der Waals surface area contributed by atoms with E-state index in [2.05, 4.69) is 4.90 Å². The molecule has 2 fully saturated rings. The first kappa shape index (κ1) is 15.5. The van der Waals surface area contributed by atoms with Gasteiger partial charge in [0.05, 0.1) is 19.3 Å². The molecule has 22 heavy (non-hydrogen) atoms. The number of nitrogens with zero attached hydrogens (tertiary/aromatic N) is 1. The second kappa shape index (κ2) is 6.77. The number of ether oxygens (including phenoxy) is 1. The van der Waals surface area contributed by atoms with Crippen molar-refractivity contribution in [2.24, 2.45) is 11.7 Å². The second-order valence-electron chi connectivity index (χ2n) is 6.34. The van der Waals surface area contributed by atoms with Crippen molar-refractivity contribution in [1.29, 1.82) is 0 Å². The van der Waals surface area contributed by atoms with E-state index in [-0.39, 0.29) is 12.1 Å². The van der Waals surface area contributed by atoms with Crippen LogP contribution in [0.15, 0.2) is 24.3 Å². The molecule has 1 saturated heterocycles. The number of benzene rings is 1. The van der Waals surface area contributed by atoms with Gasteiger partial charge in [0.25, 0.3) is 0 Å². The van der Waals surface area contributed by atoms with Crippen LogP contribution in [0.4, 0.5) is 0 Å². The summed E-state index contributed by atoms with van der Waals surface area (Å²) in [5, 5.41) is 10.2. The van der Waals surface area contributed by atoms with Crippen LogP contribution in [0, 0.1) is 5.92 Å². The molecule has 1 aliphatic heterocycles. The summed E-state index contributed by atoms with van der Waals surface area (Å²) in [6, 6.07) is 7.74. The third-order valence-electron chi connectivity index (χ3n) is 4.90. The summed E-state index contributed by atoms with van der Waals surface area (Å²) in [6.07, 6.45) is 2.83. The van der Waals surface area contributed by atoms with E-state index in [0.29, 0.717) is 18.1 Å². The lowest BCUT2D eigenvalue weighted by Gasteiger charge is -2.40. The second-order valence-corrected chi connectivity index (χ2v) is 6.34. The Labute approximate surface area is 131 Å². The third kappa shape index (κ3) is 3.32. The Morgan fingerprint density at radius 3 is 3.00 bits per heavy atom. The van der Waals surface area contributed by atoms with E-state index in [9.17, 15) is 9.90 Å². The van der Waals surface area contributed by atoms with Gasteiger partial charge in [0.2, 0.25) is 5.91 Å². The number of aliphatic hydroxyl groups excluding tert-OH is 1. The van der Waals surface area contributed by atoms with Crippen molar-refractivity contribution in [2.75, 3.05) is 19.8 Å². The number of rotatable bonds is 4. The van der Waals surface area contributed by atoms with Crippen LogP contribution in [0.5, 0.6) is 0 Å². The molecule has 1 saturated carbocycles. The van der Waals surface area contributed by atoms with Gasteiger partial charge in [0.1, 0.15) is 0 Å². The van der Waals surface area contributed by atoms with Crippen molar-refractivity contribution in [2.45, 2.75) is 38.0 Å². The fourth-order valence-electron chi connectivity index (χ4n) is 3.72. The van der Waals surface area contributed by atoms with Gasteiger partial charge in [-0.05, 0) is 30.5 Å². The van der Waals surface area contributed by atoms with E-state index in [1.807, 2.05) is 18.2 Å². The number of hydrogen-bond donors (Lipinski definition) is 2. The van der Waals surface area contributed by atoms with Gasteiger partial charge in [-0.15, -0.1) is 0 Å². The number of carbonyl (C=O) groups excluding carboxylic acids is 1. The molecule has 5 nitrogen and oxygen atoms in total. The first-order valence-corrected chi connectivity index (χ1v) is 8.04. The summed E-state index contributed by atoms with van der Waals surface area (Å²) in [4.78, 5) is 13.7. The van der Waals surface area contributed by atoms with Gasteiger partial charge >= 0.3 is 0 Å². The Morgan fingerprint density at radius 1 is 1.41 bits per heavy atom. The molecule has 1 heterocycles. The number of hydrogen-bond acceptors (Lipinski definition) is 4. The van der Waals surface area contributed by atoms with Crippen molar-refractivity contribution in [3.8, 4) is 0 Å². The summed E-state index contributed by atoms with van der Waals surface area (Å²) in [5.74, 6) is -0.105. The molecule has 2 aliphatic rings. The number of nitrogens with two attached hydrogens (primary N) is 1. The van der Waals surface area contributed by atoms with E-state index < -0.39 is 5.91 Å². The number of carbonyl (C=O) groups is 1. The Balaban J connectivity index is 1.74. The van der Waals surface area contributed by atoms with Crippen molar-refractivity contribution in [3.05, 3.63) is 35.4 Å². The van der Waals surface area contributed by atoms with Crippen LogP contribution in [-0.2, 0) is 11.3 Å². The Morgan fingerprint density at radius 2 is 2.27 bits per heavy atom. The lowest BCUT2D eigenvalue weighted by Crippen LogP contribution is -2.50. The smallest absolute Gasteiger partial charge is 0.248 e. The normalized spacial score (nSPS) is 29.6. The first-order valence-electron chi connectivity index (χ1n) is 8.04. The molecule has 1 aliphatic carbocycles. The highest BCUT2D eigenvalue weighted by Gasteiger charge is 2.37. The van der Waals surface area contributed by atoms with E-state index in [1.165, 1.54) is 0 Å². The van der Waals surface area contributed by atoms with Crippen molar-refractivity contribution >= 4 is 5.91 Å². The van der Waals surface area contributed by atoms with E-state index >= 15 is 0 Å². The predicted molar refractivity (Wildman–Crippen MR) is 83.3 cm³/mol. The molecule has 1 aromatic carbocycles. The van der Waals surface area contributed by atoms with E-state index in [1.54, 1.807) is 6.07 Å². The number of morpholine rings is 1. The first-order chi connectivity index (χ1) is 10.6. The number of aliphatic hydroxyl groups is 1. The zero-order chi connectivity index (χ0) is 15.5. The molecular weight excluding hydrogens is 280 g/mol. The highest BCUT2D eigenvalue weighted by molar-refractivity contribution is 5.92. The van der Waals surface area contributed by atoms with Crippen LogP contribution in [-0.4, -0.2) is 47.8 Å². The lowest BCUT2D eigenvalue weighted by molar-refractivity contribution is -0.0536. The fourth-order valence-corrected chi connectivity index (χ4v) is 3.72. The van der Waals surface area contributed by atoms with Crippen LogP contribution in [0.1, 0.15) is 35.2 Å².